The third-order valence-corrected chi connectivity index (χ3v) is 7.07. The molecule has 2 unspecified atom stereocenters. The number of H-pyrrole nitrogens is 1. The second kappa shape index (κ2) is 13.7. The number of quaternary nitrogens is 1. The van der Waals surface area contributed by atoms with Crippen molar-refractivity contribution >= 4 is 28.6 Å². The van der Waals surface area contributed by atoms with Crippen LogP contribution in [0.2, 0.25) is 5.02 Å². The minimum Gasteiger partial charge on any atom is -0.370 e. The van der Waals surface area contributed by atoms with Crippen LogP contribution in [0.1, 0.15) is 43.4 Å². The Balaban J connectivity index is 1.55. The molecule has 218 valence electrons. The lowest BCUT2D eigenvalue weighted by Gasteiger charge is -2.16. The number of hydrogen-bond acceptors (Lipinski definition) is 4. The van der Waals surface area contributed by atoms with E-state index in [9.17, 15) is 9.18 Å². The van der Waals surface area contributed by atoms with Gasteiger partial charge in [-0.3, -0.25) is 9.56 Å². The Morgan fingerprint density at radius 2 is 1.98 bits per heavy atom. The molecule has 0 aliphatic rings. The van der Waals surface area contributed by atoms with Gasteiger partial charge in [-0.2, -0.15) is 4.98 Å². The van der Waals surface area contributed by atoms with Gasteiger partial charge in [-0.25, -0.2) is 13.6 Å². The van der Waals surface area contributed by atoms with Crippen LogP contribution in [-0.2, 0) is 6.42 Å². The molecule has 4 rings (SSSR count). The van der Waals surface area contributed by atoms with Gasteiger partial charge in [0, 0.05) is 23.7 Å². The van der Waals surface area contributed by atoms with Crippen LogP contribution in [0.4, 0.5) is 8.78 Å². The van der Waals surface area contributed by atoms with E-state index in [1.165, 1.54) is 4.57 Å². The highest BCUT2D eigenvalue weighted by molar-refractivity contribution is 6.31. The summed E-state index contributed by atoms with van der Waals surface area (Å²) in [6.07, 6.45) is 4.93. The van der Waals surface area contributed by atoms with Crippen molar-refractivity contribution in [3.8, 4) is 16.9 Å². The van der Waals surface area contributed by atoms with Gasteiger partial charge >= 0.3 is 5.69 Å². The number of aliphatic imine (C=N–C) groups is 1. The van der Waals surface area contributed by atoms with Crippen molar-refractivity contribution in [2.75, 3.05) is 19.8 Å². The van der Waals surface area contributed by atoms with Crippen LogP contribution in [0.15, 0.2) is 58.4 Å². The topological polar surface area (TPSA) is 155 Å². The summed E-state index contributed by atoms with van der Waals surface area (Å²) in [5.41, 5.74) is 17.5. The van der Waals surface area contributed by atoms with Crippen LogP contribution in [0, 0.1) is 5.82 Å². The number of nitrogens with zero attached hydrogens (tertiary/aromatic N) is 3. The van der Waals surface area contributed by atoms with Crippen LogP contribution in [-0.4, -0.2) is 46.3 Å². The standard InChI is InChI=1S/C29H35ClF2N8O/c1-17(33)4-2-5-18-12-22(26(32)23(30)13-18)24-14-20-16-40(29(41)39-27(20)38-24)21-8-6-19(7-9-21)25(15-31)36-10-3-11-37-28(34)35/h6-9,12-14,16-17,25,36H,2-5,10-11,15,33H2,1H3,(H4,34,35,37)(H,38,39,41)/p+1. The maximum atomic E-state index is 15.1. The first-order valence-corrected chi connectivity index (χ1v) is 13.9. The lowest BCUT2D eigenvalue weighted by atomic mass is 10.0. The highest BCUT2D eigenvalue weighted by Gasteiger charge is 2.16. The molecule has 0 spiro atoms. The zero-order valence-corrected chi connectivity index (χ0v) is 23.7. The molecule has 0 saturated heterocycles. The third kappa shape index (κ3) is 7.69. The van der Waals surface area contributed by atoms with Gasteiger partial charge < -0.3 is 27.5 Å². The van der Waals surface area contributed by atoms with Crippen molar-refractivity contribution in [2.45, 2.75) is 44.7 Å². The molecule has 4 aromatic rings. The van der Waals surface area contributed by atoms with E-state index in [1.807, 2.05) is 0 Å². The minimum absolute atomic E-state index is 0.0258. The van der Waals surface area contributed by atoms with Crippen LogP contribution in [0.25, 0.3) is 28.0 Å². The van der Waals surface area contributed by atoms with E-state index in [2.05, 4.69) is 32.9 Å². The molecule has 0 aliphatic carbocycles. The number of halogens is 3. The SMILES string of the molecule is CC([NH3+])CCCc1cc(Cl)c(F)c(-c2cc3cn(-c4ccc(C(CF)NCCCN=C(N)N)cc4)c(=O)nc3[nH]2)c1. The van der Waals surface area contributed by atoms with Crippen molar-refractivity contribution < 1.29 is 14.5 Å². The van der Waals surface area contributed by atoms with Gasteiger partial charge in [-0.1, -0.05) is 23.7 Å². The van der Waals surface area contributed by atoms with E-state index in [0.29, 0.717) is 53.5 Å². The second-order valence-electron chi connectivity index (χ2n) is 10.2. The number of nitrogens with two attached hydrogens (primary N) is 2. The fourth-order valence-electron chi connectivity index (χ4n) is 4.66. The molecule has 41 heavy (non-hydrogen) atoms. The summed E-state index contributed by atoms with van der Waals surface area (Å²) in [5.74, 6) is -0.511. The molecule has 0 radical (unpaired) electrons. The van der Waals surface area contributed by atoms with Gasteiger partial charge in [0.05, 0.1) is 28.5 Å². The molecular formula is C29H36ClF2N8O+. The van der Waals surface area contributed by atoms with Crippen molar-refractivity contribution in [2.24, 2.45) is 16.5 Å². The summed E-state index contributed by atoms with van der Waals surface area (Å²) < 4.78 is 30.2. The maximum absolute atomic E-state index is 15.1. The number of fused-ring (bicyclic) bond motifs is 1. The lowest BCUT2D eigenvalue weighted by Crippen LogP contribution is -2.58. The lowest BCUT2D eigenvalue weighted by molar-refractivity contribution is -0.415. The molecule has 0 bridgehead atoms. The Kier molecular flexibility index (Phi) is 10.1. The summed E-state index contributed by atoms with van der Waals surface area (Å²) in [4.78, 5) is 24.0. The van der Waals surface area contributed by atoms with Crippen LogP contribution < -0.4 is 28.2 Å². The third-order valence-electron chi connectivity index (χ3n) is 6.80. The smallest absolute Gasteiger partial charge is 0.354 e. The summed E-state index contributed by atoms with van der Waals surface area (Å²) in [6.45, 7) is 2.45. The van der Waals surface area contributed by atoms with Crippen molar-refractivity contribution in [3.05, 3.63) is 81.1 Å². The molecule has 9 N–H and O–H groups in total. The molecular weight excluding hydrogens is 550 g/mol. The minimum atomic E-state index is -0.599. The maximum Gasteiger partial charge on any atom is 0.354 e. The zero-order chi connectivity index (χ0) is 29.5. The number of rotatable bonds is 13. The average molecular weight is 586 g/mol. The number of aryl methyl sites for hydroxylation is 1. The largest absolute Gasteiger partial charge is 0.370 e. The van der Waals surface area contributed by atoms with E-state index in [-0.39, 0.29) is 11.0 Å². The Hall–Kier alpha value is -3.80. The predicted octanol–water partition coefficient (Wildman–Crippen LogP) is 3.39. The molecule has 2 heterocycles. The van der Waals surface area contributed by atoms with Crippen LogP contribution >= 0.6 is 11.6 Å². The quantitative estimate of drug-likeness (QED) is 0.0924. The number of aromatic amines is 1. The second-order valence-corrected chi connectivity index (χ2v) is 10.6. The van der Waals surface area contributed by atoms with E-state index in [1.54, 1.807) is 48.7 Å². The molecule has 0 amide bonds. The Labute approximate surface area is 241 Å². The first-order chi connectivity index (χ1) is 19.7. The van der Waals surface area contributed by atoms with Gasteiger partial charge in [0.1, 0.15) is 12.3 Å². The van der Waals surface area contributed by atoms with Crippen LogP contribution in [0.5, 0.6) is 0 Å². The number of alkyl halides is 1. The fraction of sp³-hybridized carbons (Fsp3) is 0.345. The van der Waals surface area contributed by atoms with E-state index >= 15 is 4.39 Å². The molecule has 0 saturated carbocycles. The van der Waals surface area contributed by atoms with Crippen molar-refractivity contribution in [3.63, 3.8) is 0 Å². The van der Waals surface area contributed by atoms with Gasteiger partial charge in [-0.15, -0.1) is 0 Å². The molecule has 0 aliphatic heterocycles. The molecule has 0 fully saturated rings. The summed E-state index contributed by atoms with van der Waals surface area (Å²) in [5, 5.41) is 3.81. The summed E-state index contributed by atoms with van der Waals surface area (Å²) >= 11 is 6.23. The monoisotopic (exact) mass is 585 g/mol. The first kappa shape index (κ1) is 30.2. The number of aromatic nitrogens is 3. The number of nitrogens with one attached hydrogen (secondary N) is 2. The van der Waals surface area contributed by atoms with E-state index in [4.69, 9.17) is 23.1 Å². The molecule has 2 aromatic heterocycles. The zero-order valence-electron chi connectivity index (χ0n) is 23.0. The molecule has 12 heteroatoms. The molecule has 2 aromatic carbocycles. The molecule has 9 nitrogen and oxygen atoms in total. The average Bonchev–Trinajstić information content (AvgIpc) is 3.34. The van der Waals surface area contributed by atoms with Gasteiger partial charge in [-0.05, 0) is 80.6 Å². The van der Waals surface area contributed by atoms with Crippen molar-refractivity contribution in [1.82, 2.24) is 19.9 Å². The van der Waals surface area contributed by atoms with E-state index in [0.717, 1.165) is 30.4 Å². The van der Waals surface area contributed by atoms with Crippen LogP contribution in [0.3, 0.4) is 0 Å². The summed E-state index contributed by atoms with van der Waals surface area (Å²) in [6, 6.07) is 12.0. The Morgan fingerprint density at radius 1 is 1.22 bits per heavy atom. The normalized spacial score (nSPS) is 12.9. The highest BCUT2D eigenvalue weighted by Crippen LogP contribution is 2.31. The Bertz CT molecular complexity index is 1560. The van der Waals surface area contributed by atoms with Gasteiger partial charge in [0.25, 0.3) is 0 Å². The number of benzene rings is 2. The Morgan fingerprint density at radius 3 is 2.66 bits per heavy atom. The van der Waals surface area contributed by atoms with Gasteiger partial charge in [0.15, 0.2) is 11.8 Å². The molecule has 2 atom stereocenters. The summed E-state index contributed by atoms with van der Waals surface area (Å²) in [7, 11) is 0. The predicted molar refractivity (Wildman–Crippen MR) is 159 cm³/mol. The van der Waals surface area contributed by atoms with E-state index < -0.39 is 24.2 Å². The number of guanidine groups is 1. The number of hydrogen-bond donors (Lipinski definition) is 5. The first-order valence-electron chi connectivity index (χ1n) is 13.5. The van der Waals surface area contributed by atoms with Gasteiger partial charge in [0.2, 0.25) is 0 Å². The fourth-order valence-corrected chi connectivity index (χ4v) is 4.90. The van der Waals surface area contributed by atoms with Crippen molar-refractivity contribution in [1.29, 1.82) is 0 Å². The highest BCUT2D eigenvalue weighted by atomic mass is 35.5.